The number of nitrogens with zero attached hydrogens (tertiary/aromatic N) is 3. The van der Waals surface area contributed by atoms with E-state index in [1.807, 2.05) is 30.3 Å². The molecular weight excluding hydrogens is 540 g/mol. The van der Waals surface area contributed by atoms with E-state index in [-0.39, 0.29) is 17.1 Å². The van der Waals surface area contributed by atoms with E-state index >= 15 is 0 Å². The molecule has 0 spiro atoms. The van der Waals surface area contributed by atoms with Gasteiger partial charge in [-0.2, -0.15) is 13.2 Å². The summed E-state index contributed by atoms with van der Waals surface area (Å²) < 4.78 is 55.3. The van der Waals surface area contributed by atoms with Gasteiger partial charge in [-0.25, -0.2) is 9.18 Å². The Morgan fingerprint density at radius 3 is 2.07 bits per heavy atom. The zero-order valence-electron chi connectivity index (χ0n) is 22.6. The number of halogens is 4. The van der Waals surface area contributed by atoms with Crippen molar-refractivity contribution in [2.75, 3.05) is 5.32 Å². The molecular formula is C30H28F4N4O3. The van der Waals surface area contributed by atoms with Crippen molar-refractivity contribution in [3.05, 3.63) is 119 Å². The highest BCUT2D eigenvalue weighted by atomic mass is 19.4. The summed E-state index contributed by atoms with van der Waals surface area (Å²) in [6, 6.07) is 22.8. The van der Waals surface area contributed by atoms with Crippen LogP contribution in [0.1, 0.15) is 53.6 Å². The van der Waals surface area contributed by atoms with Crippen molar-refractivity contribution in [2.45, 2.75) is 45.5 Å². The van der Waals surface area contributed by atoms with Gasteiger partial charge in [-0.05, 0) is 56.0 Å². The number of alkyl halides is 3. The van der Waals surface area contributed by atoms with Gasteiger partial charge in [-0.1, -0.05) is 71.6 Å². The standard InChI is InChI=1S/C30H28F4N4O3/c1-29(2,3)37(19-21-12-8-5-9-13-21)28(40)41-38-25(18-26(36-38)30(32,33)34)27(39)35-24-17-22(14-15-23(24)31)16-20-10-6-4-7-11-20/h4-15,17-18H,16,19H2,1-3H3,(H,35,39). The molecule has 11 heteroatoms. The number of anilines is 1. The Kier molecular flexibility index (Phi) is 8.46. The molecule has 2 amide bonds. The van der Waals surface area contributed by atoms with Crippen LogP contribution in [0.5, 0.6) is 0 Å². The summed E-state index contributed by atoms with van der Waals surface area (Å²) in [6.07, 6.45) is -5.55. The summed E-state index contributed by atoms with van der Waals surface area (Å²) in [7, 11) is 0. The molecule has 4 rings (SSSR count). The Morgan fingerprint density at radius 1 is 0.878 bits per heavy atom. The molecule has 41 heavy (non-hydrogen) atoms. The highest BCUT2D eigenvalue weighted by Crippen LogP contribution is 2.29. The van der Waals surface area contributed by atoms with Crippen LogP contribution in [-0.2, 0) is 19.1 Å². The van der Waals surface area contributed by atoms with Crippen molar-refractivity contribution in [3.63, 3.8) is 0 Å². The lowest BCUT2D eigenvalue weighted by molar-refractivity contribution is -0.142. The summed E-state index contributed by atoms with van der Waals surface area (Å²) in [6.45, 7) is 5.25. The molecule has 0 bridgehead atoms. The molecule has 0 atom stereocenters. The van der Waals surface area contributed by atoms with Gasteiger partial charge in [-0.15, -0.1) is 5.10 Å². The Labute approximate surface area is 234 Å². The second kappa shape index (κ2) is 11.8. The smallest absolute Gasteiger partial charge is 0.318 e. The zero-order valence-corrected chi connectivity index (χ0v) is 22.6. The first-order valence-corrected chi connectivity index (χ1v) is 12.7. The fourth-order valence-corrected chi connectivity index (χ4v) is 3.99. The molecule has 1 heterocycles. The minimum Gasteiger partial charge on any atom is -0.318 e. The first-order chi connectivity index (χ1) is 19.3. The Hall–Kier alpha value is -4.67. The van der Waals surface area contributed by atoms with Crippen molar-refractivity contribution >= 4 is 17.7 Å². The number of rotatable bonds is 7. The molecule has 0 saturated carbocycles. The summed E-state index contributed by atoms with van der Waals surface area (Å²) in [5.74, 6) is -1.95. The van der Waals surface area contributed by atoms with Gasteiger partial charge in [0, 0.05) is 18.2 Å². The van der Waals surface area contributed by atoms with Crippen molar-refractivity contribution in [1.82, 2.24) is 14.8 Å². The summed E-state index contributed by atoms with van der Waals surface area (Å²) in [5.41, 5.74) is -0.916. The average molecular weight is 569 g/mol. The van der Waals surface area contributed by atoms with Gasteiger partial charge in [-0.3, -0.25) is 14.5 Å². The number of aromatic nitrogens is 2. The maximum Gasteiger partial charge on any atom is 0.436 e. The average Bonchev–Trinajstić information content (AvgIpc) is 3.34. The number of amides is 2. The first-order valence-electron chi connectivity index (χ1n) is 12.7. The number of hydrogen-bond acceptors (Lipinski definition) is 4. The summed E-state index contributed by atoms with van der Waals surface area (Å²) in [4.78, 5) is 33.0. The van der Waals surface area contributed by atoms with Crippen molar-refractivity contribution < 1.29 is 32.0 Å². The second-order valence-electron chi connectivity index (χ2n) is 10.3. The van der Waals surface area contributed by atoms with Crippen LogP contribution in [0.3, 0.4) is 0 Å². The van der Waals surface area contributed by atoms with E-state index in [4.69, 9.17) is 4.84 Å². The molecule has 3 aromatic carbocycles. The molecule has 0 unspecified atom stereocenters. The maximum atomic E-state index is 14.6. The minimum absolute atomic E-state index is 0.0809. The van der Waals surface area contributed by atoms with Crippen LogP contribution in [0.4, 0.5) is 28.0 Å². The SMILES string of the molecule is CC(C)(C)N(Cc1ccccc1)C(=O)On1nc(C(F)(F)F)cc1C(=O)Nc1cc(Cc2ccccc2)ccc1F. The largest absolute Gasteiger partial charge is 0.436 e. The molecule has 4 aromatic rings. The zero-order chi connectivity index (χ0) is 29.8. The topological polar surface area (TPSA) is 76.5 Å². The van der Waals surface area contributed by atoms with Gasteiger partial charge < -0.3 is 5.32 Å². The lowest BCUT2D eigenvalue weighted by Gasteiger charge is -2.34. The van der Waals surface area contributed by atoms with E-state index in [2.05, 4.69) is 10.4 Å². The fraction of sp³-hybridized carbons (Fsp3) is 0.233. The highest BCUT2D eigenvalue weighted by molar-refractivity contribution is 6.03. The molecule has 0 saturated heterocycles. The number of hydrogen-bond donors (Lipinski definition) is 1. The summed E-state index contributed by atoms with van der Waals surface area (Å²) >= 11 is 0. The monoisotopic (exact) mass is 568 g/mol. The van der Waals surface area contributed by atoms with Crippen LogP contribution in [0.2, 0.25) is 0 Å². The highest BCUT2D eigenvalue weighted by Gasteiger charge is 2.38. The van der Waals surface area contributed by atoms with Gasteiger partial charge in [0.25, 0.3) is 5.91 Å². The van der Waals surface area contributed by atoms with Crippen LogP contribution in [0, 0.1) is 5.82 Å². The van der Waals surface area contributed by atoms with E-state index in [0.29, 0.717) is 18.1 Å². The fourth-order valence-electron chi connectivity index (χ4n) is 3.99. The quantitative estimate of drug-likeness (QED) is 0.251. The molecule has 0 radical (unpaired) electrons. The maximum absolute atomic E-state index is 14.6. The van der Waals surface area contributed by atoms with Gasteiger partial charge >= 0.3 is 12.3 Å². The van der Waals surface area contributed by atoms with E-state index in [0.717, 1.165) is 17.2 Å². The van der Waals surface area contributed by atoms with Crippen molar-refractivity contribution in [3.8, 4) is 0 Å². The van der Waals surface area contributed by atoms with Crippen LogP contribution in [-0.4, -0.2) is 32.4 Å². The molecule has 214 valence electrons. The molecule has 0 fully saturated rings. The van der Waals surface area contributed by atoms with Crippen LogP contribution >= 0.6 is 0 Å². The molecule has 0 aliphatic carbocycles. The molecule has 0 aliphatic rings. The van der Waals surface area contributed by atoms with E-state index in [9.17, 15) is 27.2 Å². The molecule has 0 aliphatic heterocycles. The van der Waals surface area contributed by atoms with E-state index < -0.39 is 40.9 Å². The predicted molar refractivity (Wildman–Crippen MR) is 145 cm³/mol. The van der Waals surface area contributed by atoms with Crippen LogP contribution in [0.25, 0.3) is 0 Å². The van der Waals surface area contributed by atoms with Crippen LogP contribution in [0.15, 0.2) is 84.9 Å². The van der Waals surface area contributed by atoms with Crippen molar-refractivity contribution in [2.24, 2.45) is 0 Å². The third-order valence-electron chi connectivity index (χ3n) is 6.11. The van der Waals surface area contributed by atoms with Crippen molar-refractivity contribution in [1.29, 1.82) is 0 Å². The van der Waals surface area contributed by atoms with Gasteiger partial charge in [0.2, 0.25) is 0 Å². The molecule has 1 aromatic heterocycles. The van der Waals surface area contributed by atoms with Gasteiger partial charge in [0.1, 0.15) is 5.82 Å². The predicted octanol–water partition coefficient (Wildman–Crippen LogP) is 6.73. The summed E-state index contributed by atoms with van der Waals surface area (Å²) in [5, 5.41) is 5.60. The molecule has 1 N–H and O–H groups in total. The normalized spacial score (nSPS) is 11.7. The van der Waals surface area contributed by atoms with Crippen LogP contribution < -0.4 is 10.2 Å². The minimum atomic E-state index is -4.94. The Morgan fingerprint density at radius 2 is 1.49 bits per heavy atom. The van der Waals surface area contributed by atoms with Gasteiger partial charge in [0.05, 0.1) is 5.69 Å². The number of benzene rings is 3. The lowest BCUT2D eigenvalue weighted by Crippen LogP contribution is -2.48. The third-order valence-corrected chi connectivity index (χ3v) is 6.11. The second-order valence-corrected chi connectivity index (χ2v) is 10.3. The first kappa shape index (κ1) is 29.3. The number of carbonyl (C=O) groups excluding carboxylic acids is 2. The van der Waals surface area contributed by atoms with Gasteiger partial charge in [0.15, 0.2) is 11.4 Å². The number of carbonyl (C=O) groups is 2. The van der Waals surface area contributed by atoms with E-state index in [1.54, 1.807) is 57.2 Å². The third kappa shape index (κ3) is 7.50. The Balaban J connectivity index is 1.61. The number of nitrogens with one attached hydrogen (secondary N) is 1. The Bertz CT molecular complexity index is 1510. The van der Waals surface area contributed by atoms with E-state index in [1.165, 1.54) is 11.0 Å². The lowest BCUT2D eigenvalue weighted by atomic mass is 10.0. The molecule has 7 nitrogen and oxygen atoms in total.